The number of benzene rings is 1. The first kappa shape index (κ1) is 15.2. The fourth-order valence-corrected chi connectivity index (χ4v) is 1.71. The first-order valence-corrected chi connectivity index (χ1v) is 6.43. The number of aryl methyl sites for hydroxylation is 1. The van der Waals surface area contributed by atoms with Crippen molar-refractivity contribution in [1.82, 2.24) is 0 Å². The van der Waals surface area contributed by atoms with Gasteiger partial charge >= 0.3 is 0 Å². The maximum atomic E-state index is 6.10. The highest BCUT2D eigenvalue weighted by Crippen LogP contribution is 2.15. The molecule has 1 aromatic carbocycles. The van der Waals surface area contributed by atoms with Crippen LogP contribution in [-0.2, 0) is 9.47 Å². The highest BCUT2D eigenvalue weighted by molar-refractivity contribution is 5.28. The van der Waals surface area contributed by atoms with Crippen molar-refractivity contribution in [3.05, 3.63) is 35.4 Å². The Labute approximate surface area is 110 Å². The van der Waals surface area contributed by atoms with Crippen LogP contribution >= 0.6 is 0 Å². The first-order chi connectivity index (χ1) is 8.40. The lowest BCUT2D eigenvalue weighted by molar-refractivity contribution is -0.0363. The van der Waals surface area contributed by atoms with Gasteiger partial charge in [0.05, 0.1) is 31.5 Å². The van der Waals surface area contributed by atoms with Crippen LogP contribution in [0.5, 0.6) is 0 Å². The van der Waals surface area contributed by atoms with E-state index >= 15 is 0 Å². The minimum Gasteiger partial charge on any atom is -0.377 e. The van der Waals surface area contributed by atoms with Gasteiger partial charge in [0.15, 0.2) is 0 Å². The molecule has 3 nitrogen and oxygen atoms in total. The molecule has 1 rings (SSSR count). The Hall–Kier alpha value is -0.900. The van der Waals surface area contributed by atoms with Gasteiger partial charge in [0.2, 0.25) is 0 Å². The quantitative estimate of drug-likeness (QED) is 0.791. The van der Waals surface area contributed by atoms with Gasteiger partial charge in [0.25, 0.3) is 0 Å². The second-order valence-electron chi connectivity index (χ2n) is 5.50. The average Bonchev–Trinajstić information content (AvgIpc) is 2.27. The largest absolute Gasteiger partial charge is 0.377 e. The Morgan fingerprint density at radius 1 is 1.17 bits per heavy atom. The zero-order chi connectivity index (χ0) is 13.6. The average molecular weight is 251 g/mol. The third kappa shape index (κ3) is 5.63. The second-order valence-corrected chi connectivity index (χ2v) is 5.50. The van der Waals surface area contributed by atoms with Crippen LogP contribution in [0.15, 0.2) is 24.3 Å². The van der Waals surface area contributed by atoms with Crippen molar-refractivity contribution in [2.45, 2.75) is 39.3 Å². The van der Waals surface area contributed by atoms with Gasteiger partial charge in [0.1, 0.15) is 0 Å². The first-order valence-electron chi connectivity index (χ1n) is 6.43. The van der Waals surface area contributed by atoms with E-state index in [1.54, 1.807) is 0 Å². The molecular formula is C15H25NO2. The molecule has 18 heavy (non-hydrogen) atoms. The summed E-state index contributed by atoms with van der Waals surface area (Å²) in [6, 6.07) is 8.07. The monoisotopic (exact) mass is 251 g/mol. The summed E-state index contributed by atoms with van der Waals surface area (Å²) < 4.78 is 11.1. The van der Waals surface area contributed by atoms with E-state index in [-0.39, 0.29) is 11.6 Å². The van der Waals surface area contributed by atoms with Crippen LogP contribution in [0.3, 0.4) is 0 Å². The molecule has 102 valence electrons. The fourth-order valence-electron chi connectivity index (χ4n) is 1.71. The Morgan fingerprint density at radius 3 is 2.44 bits per heavy atom. The lowest BCUT2D eigenvalue weighted by Gasteiger charge is -2.20. The van der Waals surface area contributed by atoms with Crippen molar-refractivity contribution < 1.29 is 9.47 Å². The van der Waals surface area contributed by atoms with E-state index in [1.165, 1.54) is 5.56 Å². The Balaban J connectivity index is 2.26. The minimum atomic E-state index is -0.110. The van der Waals surface area contributed by atoms with Gasteiger partial charge in [0, 0.05) is 0 Å². The fraction of sp³-hybridized carbons (Fsp3) is 0.600. The molecule has 1 aromatic rings. The molecule has 0 saturated heterocycles. The number of hydrogen-bond donors (Lipinski definition) is 1. The maximum absolute atomic E-state index is 6.10. The molecule has 0 spiro atoms. The number of hydrogen-bond acceptors (Lipinski definition) is 3. The van der Waals surface area contributed by atoms with E-state index in [0.717, 1.165) is 5.56 Å². The summed E-state index contributed by atoms with van der Waals surface area (Å²) in [6.45, 7) is 9.88. The molecule has 0 bridgehead atoms. The number of ether oxygens (including phenoxy) is 2. The molecule has 0 amide bonds. The summed E-state index contributed by atoms with van der Waals surface area (Å²) in [5.74, 6) is 0. The van der Waals surface area contributed by atoms with Crippen molar-refractivity contribution in [3.63, 3.8) is 0 Å². The maximum Gasteiger partial charge on any atom is 0.0707 e. The smallest absolute Gasteiger partial charge is 0.0707 e. The lowest BCUT2D eigenvalue weighted by atomic mass is 10.0. The van der Waals surface area contributed by atoms with E-state index in [9.17, 15) is 0 Å². The molecule has 3 heteroatoms. The molecule has 0 fully saturated rings. The molecule has 0 saturated carbocycles. The van der Waals surface area contributed by atoms with E-state index in [2.05, 4.69) is 19.1 Å². The van der Waals surface area contributed by atoms with Crippen LogP contribution in [0, 0.1) is 6.92 Å². The highest BCUT2D eigenvalue weighted by Gasteiger charge is 2.10. The van der Waals surface area contributed by atoms with Crippen molar-refractivity contribution >= 4 is 0 Å². The lowest BCUT2D eigenvalue weighted by Crippen LogP contribution is -2.23. The van der Waals surface area contributed by atoms with Crippen LogP contribution in [0.1, 0.15) is 37.9 Å². The van der Waals surface area contributed by atoms with Crippen LogP contribution in [-0.4, -0.2) is 25.4 Å². The minimum absolute atomic E-state index is 0.0687. The van der Waals surface area contributed by atoms with E-state index < -0.39 is 0 Å². The van der Waals surface area contributed by atoms with Crippen LogP contribution < -0.4 is 5.73 Å². The van der Waals surface area contributed by atoms with Gasteiger partial charge in [-0.3, -0.25) is 0 Å². The van der Waals surface area contributed by atoms with Crippen molar-refractivity contribution in [2.75, 3.05) is 19.8 Å². The molecule has 0 heterocycles. The zero-order valence-electron chi connectivity index (χ0n) is 11.9. The van der Waals surface area contributed by atoms with Crippen molar-refractivity contribution in [1.29, 1.82) is 0 Å². The van der Waals surface area contributed by atoms with Crippen molar-refractivity contribution in [2.24, 2.45) is 5.73 Å². The van der Waals surface area contributed by atoms with Gasteiger partial charge in [-0.25, -0.2) is 0 Å². The second kappa shape index (κ2) is 6.88. The Kier molecular flexibility index (Phi) is 5.79. The van der Waals surface area contributed by atoms with Crippen molar-refractivity contribution in [3.8, 4) is 0 Å². The van der Waals surface area contributed by atoms with E-state index in [4.69, 9.17) is 15.2 Å². The van der Waals surface area contributed by atoms with Gasteiger partial charge in [-0.05, 0) is 38.8 Å². The third-order valence-electron chi connectivity index (χ3n) is 2.65. The molecule has 0 aromatic heterocycles. The Morgan fingerprint density at radius 2 is 1.83 bits per heavy atom. The van der Waals surface area contributed by atoms with Gasteiger partial charge in [-0.2, -0.15) is 0 Å². The molecular weight excluding hydrogens is 226 g/mol. The topological polar surface area (TPSA) is 44.5 Å². The molecule has 1 atom stereocenters. The highest BCUT2D eigenvalue weighted by atomic mass is 16.5. The number of rotatable bonds is 6. The van der Waals surface area contributed by atoms with Crippen LogP contribution in [0.2, 0.25) is 0 Å². The summed E-state index contributed by atoms with van der Waals surface area (Å²) in [5, 5.41) is 0. The Bertz CT molecular complexity index is 358. The summed E-state index contributed by atoms with van der Waals surface area (Å²) in [4.78, 5) is 0. The van der Waals surface area contributed by atoms with Gasteiger partial charge in [-0.1, -0.05) is 24.3 Å². The van der Waals surface area contributed by atoms with Crippen LogP contribution in [0.25, 0.3) is 0 Å². The summed E-state index contributed by atoms with van der Waals surface area (Å²) in [7, 11) is 0. The summed E-state index contributed by atoms with van der Waals surface area (Å²) in [6.07, 6.45) is 0. The van der Waals surface area contributed by atoms with E-state index in [0.29, 0.717) is 19.8 Å². The van der Waals surface area contributed by atoms with Crippen LogP contribution in [0.4, 0.5) is 0 Å². The molecule has 0 radical (unpaired) electrons. The third-order valence-corrected chi connectivity index (χ3v) is 2.65. The number of nitrogens with two attached hydrogens (primary N) is 1. The molecule has 2 N–H and O–H groups in total. The predicted octanol–water partition coefficient (Wildman–Crippen LogP) is 2.83. The molecule has 0 aliphatic heterocycles. The predicted molar refractivity (Wildman–Crippen MR) is 74.6 cm³/mol. The van der Waals surface area contributed by atoms with Gasteiger partial charge in [-0.15, -0.1) is 0 Å². The summed E-state index contributed by atoms with van der Waals surface area (Å²) in [5.41, 5.74) is 8.34. The molecule has 0 aliphatic carbocycles. The van der Waals surface area contributed by atoms with E-state index in [1.807, 2.05) is 32.9 Å². The SMILES string of the molecule is Cc1ccccc1C(N)COCCOC(C)(C)C. The molecule has 0 aliphatic rings. The summed E-state index contributed by atoms with van der Waals surface area (Å²) >= 11 is 0. The normalized spacial score (nSPS) is 13.6. The molecule has 1 unspecified atom stereocenters. The van der Waals surface area contributed by atoms with Gasteiger partial charge < -0.3 is 15.2 Å². The standard InChI is InChI=1S/C15H25NO2/c1-12-7-5-6-8-13(12)14(16)11-17-9-10-18-15(2,3)4/h5-8,14H,9-11,16H2,1-4H3. The zero-order valence-corrected chi connectivity index (χ0v) is 11.9.